The maximum Gasteiger partial charge on any atom is 0.329 e. The van der Waals surface area contributed by atoms with E-state index in [2.05, 4.69) is 0 Å². The van der Waals surface area contributed by atoms with E-state index in [4.69, 9.17) is 9.47 Å². The van der Waals surface area contributed by atoms with Gasteiger partial charge in [-0.15, -0.1) is 0 Å². The number of rotatable bonds is 5. The molecule has 0 bridgehead atoms. The maximum atomic E-state index is 12.1. The van der Waals surface area contributed by atoms with E-state index in [-0.39, 0.29) is 30.7 Å². The number of carbonyl (C=O) groups excluding carboxylic acids is 3. The first-order valence-electron chi connectivity index (χ1n) is 7.42. The molecule has 1 amide bonds. The van der Waals surface area contributed by atoms with Crippen molar-refractivity contribution in [2.75, 3.05) is 13.2 Å². The van der Waals surface area contributed by atoms with Gasteiger partial charge in [0.15, 0.2) is 0 Å². The highest BCUT2D eigenvalue weighted by atomic mass is 16.6. The Morgan fingerprint density at radius 1 is 1.19 bits per heavy atom. The average molecular weight is 299 g/mol. The highest BCUT2D eigenvalue weighted by Gasteiger charge is 2.36. The van der Waals surface area contributed by atoms with Gasteiger partial charge in [-0.05, 0) is 40.5 Å². The van der Waals surface area contributed by atoms with Crippen molar-refractivity contribution in [3.05, 3.63) is 0 Å². The summed E-state index contributed by atoms with van der Waals surface area (Å²) in [4.78, 5) is 37.1. The molecule has 0 unspecified atom stereocenters. The fourth-order valence-corrected chi connectivity index (χ4v) is 2.27. The van der Waals surface area contributed by atoms with Crippen LogP contribution in [0.15, 0.2) is 0 Å². The first kappa shape index (κ1) is 17.5. The summed E-state index contributed by atoms with van der Waals surface area (Å²) in [7, 11) is 0. The summed E-state index contributed by atoms with van der Waals surface area (Å²) < 4.78 is 10.1. The molecule has 6 heteroatoms. The van der Waals surface area contributed by atoms with E-state index in [1.54, 1.807) is 27.7 Å². The Morgan fingerprint density at radius 2 is 1.86 bits per heavy atom. The number of carbonyl (C=O) groups is 3. The van der Waals surface area contributed by atoms with E-state index >= 15 is 0 Å². The molecule has 0 saturated carbocycles. The molecule has 0 aromatic heterocycles. The third-order valence-corrected chi connectivity index (χ3v) is 3.10. The van der Waals surface area contributed by atoms with Crippen molar-refractivity contribution in [2.45, 2.75) is 65.0 Å². The zero-order valence-corrected chi connectivity index (χ0v) is 13.3. The van der Waals surface area contributed by atoms with Crippen LogP contribution >= 0.6 is 0 Å². The molecule has 1 heterocycles. The van der Waals surface area contributed by atoms with Gasteiger partial charge in [-0.2, -0.15) is 0 Å². The lowest BCUT2D eigenvalue weighted by molar-refractivity contribution is -0.163. The van der Waals surface area contributed by atoms with Crippen molar-refractivity contribution < 1.29 is 23.9 Å². The Labute approximate surface area is 125 Å². The van der Waals surface area contributed by atoms with Crippen LogP contribution in [0.2, 0.25) is 0 Å². The Balaban J connectivity index is 2.54. The van der Waals surface area contributed by atoms with Crippen LogP contribution in [0.1, 0.15) is 53.4 Å². The van der Waals surface area contributed by atoms with Gasteiger partial charge in [0.25, 0.3) is 0 Å². The lowest BCUT2D eigenvalue weighted by Gasteiger charge is -2.27. The third-order valence-electron chi connectivity index (χ3n) is 3.10. The van der Waals surface area contributed by atoms with E-state index in [9.17, 15) is 14.4 Å². The predicted molar refractivity (Wildman–Crippen MR) is 76.4 cm³/mol. The molecule has 0 aromatic rings. The molecule has 6 nitrogen and oxygen atoms in total. The molecule has 1 atom stereocenters. The van der Waals surface area contributed by atoms with E-state index in [1.165, 1.54) is 4.90 Å². The number of ether oxygens (including phenoxy) is 2. The third kappa shape index (κ3) is 5.73. The van der Waals surface area contributed by atoms with Crippen LogP contribution in [0.5, 0.6) is 0 Å². The van der Waals surface area contributed by atoms with Gasteiger partial charge in [-0.1, -0.05) is 0 Å². The van der Waals surface area contributed by atoms with Crippen LogP contribution in [-0.2, 0) is 23.9 Å². The smallest absolute Gasteiger partial charge is 0.329 e. The zero-order valence-electron chi connectivity index (χ0n) is 13.3. The minimum atomic E-state index is -0.570. The summed E-state index contributed by atoms with van der Waals surface area (Å²) in [5.74, 6) is -0.959. The summed E-state index contributed by atoms with van der Waals surface area (Å²) in [5.41, 5.74) is -0.570. The lowest BCUT2D eigenvalue weighted by Crippen LogP contribution is -2.43. The fourth-order valence-electron chi connectivity index (χ4n) is 2.27. The lowest BCUT2D eigenvalue weighted by atomic mass is 10.1. The topological polar surface area (TPSA) is 72.9 Å². The van der Waals surface area contributed by atoms with Crippen LogP contribution in [0.3, 0.4) is 0 Å². The van der Waals surface area contributed by atoms with Crippen molar-refractivity contribution in [1.29, 1.82) is 0 Å². The summed E-state index contributed by atoms with van der Waals surface area (Å²) in [6.45, 7) is 7.95. The average Bonchev–Trinajstić information content (AvgIpc) is 2.83. The second kappa shape index (κ2) is 7.43. The molecule has 0 N–H and O–H groups in total. The van der Waals surface area contributed by atoms with E-state index in [1.807, 2.05) is 0 Å². The summed E-state index contributed by atoms with van der Waals surface area (Å²) in [5, 5.41) is 0. The molecule has 0 radical (unpaired) electrons. The maximum absolute atomic E-state index is 12.1. The molecule has 0 aromatic carbocycles. The van der Waals surface area contributed by atoms with Crippen molar-refractivity contribution in [1.82, 2.24) is 4.90 Å². The van der Waals surface area contributed by atoms with Gasteiger partial charge in [0.2, 0.25) is 5.91 Å². The van der Waals surface area contributed by atoms with E-state index in [0.717, 1.165) is 6.42 Å². The highest BCUT2D eigenvalue weighted by molar-refractivity contribution is 5.87. The monoisotopic (exact) mass is 299 g/mol. The molecule has 1 saturated heterocycles. The van der Waals surface area contributed by atoms with Crippen LogP contribution in [0.25, 0.3) is 0 Å². The van der Waals surface area contributed by atoms with Gasteiger partial charge < -0.3 is 14.4 Å². The highest BCUT2D eigenvalue weighted by Crippen LogP contribution is 2.22. The van der Waals surface area contributed by atoms with Gasteiger partial charge in [-0.25, -0.2) is 4.79 Å². The Bertz CT molecular complexity index is 399. The molecular formula is C15H25NO5. The van der Waals surface area contributed by atoms with Gasteiger partial charge in [-0.3, -0.25) is 9.59 Å². The van der Waals surface area contributed by atoms with Crippen molar-refractivity contribution >= 4 is 17.8 Å². The van der Waals surface area contributed by atoms with Gasteiger partial charge in [0.05, 0.1) is 13.0 Å². The number of amides is 1. The Hall–Kier alpha value is -1.59. The summed E-state index contributed by atoms with van der Waals surface area (Å²) in [6, 6.07) is -0.529. The number of nitrogens with zero attached hydrogens (tertiary/aromatic N) is 1. The molecule has 1 rings (SSSR count). The van der Waals surface area contributed by atoms with E-state index < -0.39 is 11.6 Å². The number of likely N-dealkylation sites (tertiary alicyclic amines) is 1. The molecule has 1 aliphatic heterocycles. The minimum absolute atomic E-state index is 0.0458. The standard InChI is InChI=1S/C15H25NO5/c1-5-20-13(18)9-8-12(17)16-10-6-7-11(16)14(19)21-15(2,3)4/h11H,5-10H2,1-4H3/t11-/m1/s1. The molecule has 0 spiro atoms. The van der Waals surface area contributed by atoms with E-state index in [0.29, 0.717) is 19.6 Å². The normalized spacial score (nSPS) is 18.5. The fraction of sp³-hybridized carbons (Fsp3) is 0.800. The van der Waals surface area contributed by atoms with Gasteiger partial charge >= 0.3 is 11.9 Å². The molecule has 0 aliphatic carbocycles. The minimum Gasteiger partial charge on any atom is -0.466 e. The largest absolute Gasteiger partial charge is 0.466 e. The van der Waals surface area contributed by atoms with Crippen LogP contribution in [0.4, 0.5) is 0 Å². The number of hydrogen-bond acceptors (Lipinski definition) is 5. The molecule has 120 valence electrons. The van der Waals surface area contributed by atoms with Crippen LogP contribution in [-0.4, -0.2) is 47.5 Å². The molecule has 1 fully saturated rings. The first-order valence-corrected chi connectivity index (χ1v) is 7.42. The molecule has 1 aliphatic rings. The number of hydrogen-bond donors (Lipinski definition) is 0. The summed E-state index contributed by atoms with van der Waals surface area (Å²) in [6.07, 6.45) is 1.50. The van der Waals surface area contributed by atoms with Gasteiger partial charge in [0, 0.05) is 13.0 Å². The van der Waals surface area contributed by atoms with Crippen molar-refractivity contribution in [2.24, 2.45) is 0 Å². The first-order chi connectivity index (χ1) is 9.74. The Morgan fingerprint density at radius 3 is 2.43 bits per heavy atom. The SMILES string of the molecule is CCOC(=O)CCC(=O)N1CCC[C@@H]1C(=O)OC(C)(C)C. The van der Waals surface area contributed by atoms with Crippen LogP contribution in [0, 0.1) is 0 Å². The quantitative estimate of drug-likeness (QED) is 0.722. The molecular weight excluding hydrogens is 274 g/mol. The Kier molecular flexibility index (Phi) is 6.18. The van der Waals surface area contributed by atoms with Crippen molar-refractivity contribution in [3.8, 4) is 0 Å². The van der Waals surface area contributed by atoms with Gasteiger partial charge in [0.1, 0.15) is 11.6 Å². The second-order valence-corrected chi connectivity index (χ2v) is 6.08. The second-order valence-electron chi connectivity index (χ2n) is 6.08. The zero-order chi connectivity index (χ0) is 16.0. The van der Waals surface area contributed by atoms with Crippen LogP contribution < -0.4 is 0 Å². The summed E-state index contributed by atoms with van der Waals surface area (Å²) >= 11 is 0. The van der Waals surface area contributed by atoms with Crippen molar-refractivity contribution in [3.63, 3.8) is 0 Å². The molecule has 21 heavy (non-hydrogen) atoms. The predicted octanol–water partition coefficient (Wildman–Crippen LogP) is 1.66. The number of esters is 2.